The summed E-state index contributed by atoms with van der Waals surface area (Å²) in [6.45, 7) is 4.66. The molecule has 60 valence electrons. The molecule has 0 aromatic heterocycles. The van der Waals surface area contributed by atoms with E-state index >= 15 is 0 Å². The molecule has 1 aliphatic carbocycles. The van der Waals surface area contributed by atoms with Gasteiger partial charge < -0.3 is 0 Å². The van der Waals surface area contributed by atoms with Gasteiger partial charge in [0.2, 0.25) is 0 Å². The largest absolute Gasteiger partial charge is 0.0789 e. The molecule has 0 nitrogen and oxygen atoms in total. The van der Waals surface area contributed by atoms with Crippen LogP contribution in [0.1, 0.15) is 46.0 Å². The van der Waals surface area contributed by atoms with E-state index in [-0.39, 0.29) is 0 Å². The summed E-state index contributed by atoms with van der Waals surface area (Å²) in [6, 6.07) is 0. The highest BCUT2D eigenvalue weighted by Gasteiger charge is 2.30. The minimum atomic E-state index is 0.686. The molecule has 10 heavy (non-hydrogen) atoms. The molecule has 1 fully saturated rings. The lowest BCUT2D eigenvalue weighted by Gasteiger charge is -2.23. The van der Waals surface area contributed by atoms with E-state index in [0.717, 1.165) is 5.92 Å². The van der Waals surface area contributed by atoms with Crippen LogP contribution in [0.25, 0.3) is 0 Å². The molecule has 0 N–H and O–H groups in total. The fraction of sp³-hybridized carbons (Fsp3) is 1.00. The molecule has 0 aliphatic heterocycles. The summed E-state index contributed by atoms with van der Waals surface area (Å²) in [5, 5.41) is 0. The van der Waals surface area contributed by atoms with Crippen LogP contribution in [0.4, 0.5) is 0 Å². The van der Waals surface area contributed by atoms with Crippen molar-refractivity contribution in [1.82, 2.24) is 0 Å². The van der Waals surface area contributed by atoms with Crippen molar-refractivity contribution >= 4 is 22.6 Å². The maximum Gasteiger partial charge on any atom is 0.0224 e. The van der Waals surface area contributed by atoms with Crippen LogP contribution in [0.3, 0.4) is 0 Å². The fourth-order valence-electron chi connectivity index (χ4n) is 1.94. The van der Waals surface area contributed by atoms with Gasteiger partial charge in [-0.05, 0) is 25.2 Å². The van der Waals surface area contributed by atoms with Crippen LogP contribution in [0.5, 0.6) is 0 Å². The van der Waals surface area contributed by atoms with Crippen LogP contribution in [-0.4, -0.2) is 3.42 Å². The zero-order valence-corrected chi connectivity index (χ0v) is 9.15. The highest BCUT2D eigenvalue weighted by Crippen LogP contribution is 2.42. The Balaban J connectivity index is 2.36. The number of alkyl halides is 1. The summed E-state index contributed by atoms with van der Waals surface area (Å²) in [6.07, 6.45) is 7.29. The van der Waals surface area contributed by atoms with Crippen molar-refractivity contribution in [3.05, 3.63) is 0 Å². The first-order valence-electron chi connectivity index (χ1n) is 4.31. The Morgan fingerprint density at radius 1 is 1.30 bits per heavy atom. The smallest absolute Gasteiger partial charge is 0.0224 e. The zero-order valence-electron chi connectivity index (χ0n) is 6.99. The topological polar surface area (TPSA) is 0 Å². The molecule has 0 atom stereocenters. The molecule has 1 heteroatoms. The van der Waals surface area contributed by atoms with Crippen molar-refractivity contribution in [2.45, 2.75) is 49.4 Å². The van der Waals surface area contributed by atoms with Crippen molar-refractivity contribution < 1.29 is 0 Å². The molecular weight excluding hydrogens is 235 g/mol. The van der Waals surface area contributed by atoms with Gasteiger partial charge in [0.25, 0.3) is 0 Å². The van der Waals surface area contributed by atoms with Gasteiger partial charge in [0.05, 0.1) is 0 Å². The monoisotopic (exact) mass is 252 g/mol. The lowest BCUT2D eigenvalue weighted by Crippen LogP contribution is -2.17. The summed E-state index contributed by atoms with van der Waals surface area (Å²) in [5.41, 5.74) is 0. The maximum atomic E-state index is 2.68. The normalized spacial score (nSPS) is 24.0. The van der Waals surface area contributed by atoms with E-state index in [1.54, 1.807) is 0 Å². The molecule has 0 aromatic carbocycles. The maximum absolute atomic E-state index is 2.68. The number of hydrogen-bond donors (Lipinski definition) is 0. The lowest BCUT2D eigenvalue weighted by atomic mass is 9.96. The molecule has 1 saturated carbocycles. The summed E-state index contributed by atoms with van der Waals surface area (Å²) < 4.78 is 0.686. The van der Waals surface area contributed by atoms with Crippen LogP contribution in [0, 0.1) is 5.92 Å². The number of rotatable bonds is 2. The third kappa shape index (κ3) is 2.40. The summed E-state index contributed by atoms with van der Waals surface area (Å²) >= 11 is 2.68. The van der Waals surface area contributed by atoms with E-state index in [1.807, 2.05) is 0 Å². The number of halogens is 1. The van der Waals surface area contributed by atoms with Crippen LogP contribution < -0.4 is 0 Å². The van der Waals surface area contributed by atoms with Gasteiger partial charge in [0.1, 0.15) is 0 Å². The Morgan fingerprint density at radius 3 is 2.20 bits per heavy atom. The highest BCUT2D eigenvalue weighted by molar-refractivity contribution is 14.1. The van der Waals surface area contributed by atoms with E-state index in [9.17, 15) is 0 Å². The Morgan fingerprint density at radius 2 is 1.80 bits per heavy atom. The van der Waals surface area contributed by atoms with E-state index in [4.69, 9.17) is 0 Å². The third-order valence-corrected chi connectivity index (χ3v) is 3.79. The second-order valence-electron chi connectivity index (χ2n) is 3.96. The molecule has 0 bridgehead atoms. The molecule has 0 amide bonds. The van der Waals surface area contributed by atoms with E-state index < -0.39 is 0 Å². The van der Waals surface area contributed by atoms with Crippen molar-refractivity contribution in [2.24, 2.45) is 5.92 Å². The van der Waals surface area contributed by atoms with Crippen molar-refractivity contribution in [2.75, 3.05) is 0 Å². The van der Waals surface area contributed by atoms with Gasteiger partial charge in [-0.2, -0.15) is 0 Å². The summed E-state index contributed by atoms with van der Waals surface area (Å²) in [7, 11) is 0. The lowest BCUT2D eigenvalue weighted by molar-refractivity contribution is 0.477. The average Bonchev–Trinajstić information content (AvgIpc) is 2.12. The summed E-state index contributed by atoms with van der Waals surface area (Å²) in [4.78, 5) is 0. The Bertz CT molecular complexity index is 101. The van der Waals surface area contributed by atoms with Crippen LogP contribution in [0.2, 0.25) is 0 Å². The molecule has 0 spiro atoms. The van der Waals surface area contributed by atoms with Gasteiger partial charge in [0, 0.05) is 3.42 Å². The SMILES string of the molecule is CC(C)CC1(I)CCCC1. The molecule has 1 rings (SSSR count). The molecule has 0 aromatic rings. The van der Waals surface area contributed by atoms with Gasteiger partial charge in [-0.1, -0.05) is 49.3 Å². The molecular formula is C9H17I. The second-order valence-corrected chi connectivity index (χ2v) is 6.24. The summed E-state index contributed by atoms with van der Waals surface area (Å²) in [5.74, 6) is 0.884. The highest BCUT2D eigenvalue weighted by atomic mass is 127. The molecule has 0 heterocycles. The Hall–Kier alpha value is 0.730. The molecule has 1 aliphatic rings. The van der Waals surface area contributed by atoms with Crippen molar-refractivity contribution in [3.63, 3.8) is 0 Å². The van der Waals surface area contributed by atoms with Crippen LogP contribution >= 0.6 is 22.6 Å². The van der Waals surface area contributed by atoms with Crippen molar-refractivity contribution in [1.29, 1.82) is 0 Å². The van der Waals surface area contributed by atoms with E-state index in [1.165, 1.54) is 32.1 Å². The number of hydrogen-bond acceptors (Lipinski definition) is 0. The van der Waals surface area contributed by atoms with Gasteiger partial charge >= 0.3 is 0 Å². The first-order valence-corrected chi connectivity index (χ1v) is 5.39. The quantitative estimate of drug-likeness (QED) is 0.518. The predicted molar refractivity (Wildman–Crippen MR) is 54.7 cm³/mol. The first-order chi connectivity index (χ1) is 4.62. The van der Waals surface area contributed by atoms with Crippen LogP contribution in [-0.2, 0) is 0 Å². The predicted octanol–water partition coefficient (Wildman–Crippen LogP) is 3.78. The van der Waals surface area contributed by atoms with E-state index in [0.29, 0.717) is 3.42 Å². The molecule has 0 saturated heterocycles. The molecule has 0 unspecified atom stereocenters. The average molecular weight is 252 g/mol. The van der Waals surface area contributed by atoms with Gasteiger partial charge in [-0.25, -0.2) is 0 Å². The van der Waals surface area contributed by atoms with Crippen LogP contribution in [0.15, 0.2) is 0 Å². The van der Waals surface area contributed by atoms with Gasteiger partial charge in [0.15, 0.2) is 0 Å². The third-order valence-electron chi connectivity index (χ3n) is 2.27. The fourth-order valence-corrected chi connectivity index (χ4v) is 3.59. The second kappa shape index (κ2) is 3.42. The minimum Gasteiger partial charge on any atom is -0.0789 e. The zero-order chi connectivity index (χ0) is 7.61. The molecule has 0 radical (unpaired) electrons. The van der Waals surface area contributed by atoms with E-state index in [2.05, 4.69) is 36.4 Å². The Kier molecular flexibility index (Phi) is 3.02. The van der Waals surface area contributed by atoms with Crippen molar-refractivity contribution in [3.8, 4) is 0 Å². The van der Waals surface area contributed by atoms with Gasteiger partial charge in [-0.3, -0.25) is 0 Å². The standard InChI is InChI=1S/C9H17I/c1-8(2)7-9(10)5-3-4-6-9/h8H,3-7H2,1-2H3. The minimum absolute atomic E-state index is 0.686. The van der Waals surface area contributed by atoms with Gasteiger partial charge in [-0.15, -0.1) is 0 Å². The first kappa shape index (κ1) is 8.82. The Labute approximate surface area is 77.9 Å².